The quantitative estimate of drug-likeness (QED) is 0.627. The molecule has 4 aliphatic rings. The number of aliphatic hydroxyl groups is 1. The van der Waals surface area contributed by atoms with Gasteiger partial charge in [0.2, 0.25) is 0 Å². The van der Waals surface area contributed by atoms with Gasteiger partial charge in [-0.15, -0.1) is 0 Å². The lowest BCUT2D eigenvalue weighted by Crippen LogP contribution is -2.66. The normalized spacial score (nSPS) is 39.1. The molecule has 1 spiro atoms. The monoisotopic (exact) mass is 329 g/mol. The Morgan fingerprint density at radius 3 is 3.04 bits per heavy atom. The molecule has 2 bridgehead atoms. The van der Waals surface area contributed by atoms with E-state index >= 15 is 0 Å². The van der Waals surface area contributed by atoms with Crippen LogP contribution in [0.1, 0.15) is 37.3 Å². The molecule has 2 aliphatic heterocycles. The Kier molecular flexibility index (Phi) is 2.90. The summed E-state index contributed by atoms with van der Waals surface area (Å²) in [6.45, 7) is 2.43. The van der Waals surface area contributed by atoms with Crippen LogP contribution in [0.2, 0.25) is 0 Å². The number of hydrogen-bond donors (Lipinski definition) is 1. The molecule has 1 saturated carbocycles. The second-order valence-electron chi connectivity index (χ2n) is 7.85. The molecule has 0 unspecified atom stereocenters. The summed E-state index contributed by atoms with van der Waals surface area (Å²) in [7, 11) is 2.21. The Morgan fingerprint density at radius 2 is 2.25 bits per heavy atom. The highest BCUT2D eigenvalue weighted by molar-refractivity contribution is 5.72. The Labute approximate surface area is 141 Å². The summed E-state index contributed by atoms with van der Waals surface area (Å²) in [6, 6.07) is 4.45. The first kappa shape index (κ1) is 14.7. The van der Waals surface area contributed by atoms with E-state index in [1.807, 2.05) is 6.07 Å². The second kappa shape index (κ2) is 4.73. The van der Waals surface area contributed by atoms with E-state index in [2.05, 4.69) is 18.0 Å². The first-order valence-corrected chi connectivity index (χ1v) is 8.92. The van der Waals surface area contributed by atoms with Crippen LogP contribution < -0.4 is 9.47 Å². The van der Waals surface area contributed by atoms with Crippen LogP contribution in [-0.2, 0) is 16.6 Å². The molecule has 5 rings (SSSR count). The van der Waals surface area contributed by atoms with Gasteiger partial charge < -0.3 is 19.5 Å². The number of hydrogen-bond acceptors (Lipinski definition) is 5. The zero-order valence-electron chi connectivity index (χ0n) is 14.1. The molecule has 0 aromatic heterocycles. The van der Waals surface area contributed by atoms with Crippen molar-refractivity contribution in [2.75, 3.05) is 13.6 Å². The van der Waals surface area contributed by atoms with Crippen LogP contribution in [0.15, 0.2) is 12.1 Å². The maximum Gasteiger partial charge on any atom is 0.308 e. The van der Waals surface area contributed by atoms with Crippen LogP contribution in [0.5, 0.6) is 11.5 Å². The van der Waals surface area contributed by atoms with Crippen LogP contribution in [-0.4, -0.2) is 47.8 Å². The molecule has 1 aromatic carbocycles. The Balaban J connectivity index is 1.74. The number of ether oxygens (including phenoxy) is 2. The predicted octanol–water partition coefficient (Wildman–Crippen LogP) is 1.64. The van der Waals surface area contributed by atoms with Crippen molar-refractivity contribution in [1.29, 1.82) is 0 Å². The summed E-state index contributed by atoms with van der Waals surface area (Å²) < 4.78 is 11.7. The number of carbonyl (C=O) groups is 1. The Hall–Kier alpha value is -1.59. The average Bonchev–Trinajstić information content (AvgIpc) is 2.89. The molecular weight excluding hydrogens is 306 g/mol. The van der Waals surface area contributed by atoms with Gasteiger partial charge in [0.05, 0.1) is 6.10 Å². The van der Waals surface area contributed by atoms with Gasteiger partial charge in [0.1, 0.15) is 6.10 Å². The zero-order chi connectivity index (χ0) is 16.6. The molecule has 24 heavy (non-hydrogen) atoms. The number of likely N-dealkylation sites (tertiary alicyclic amines) is 1. The number of rotatable bonds is 1. The molecule has 5 nitrogen and oxygen atoms in total. The van der Waals surface area contributed by atoms with E-state index in [4.69, 9.17) is 9.47 Å². The third kappa shape index (κ3) is 1.64. The molecule has 0 radical (unpaired) electrons. The SMILES string of the molecule is CC(=O)Oc1ccc2c3c1O[C@H]1[C@@H](O)CC[C@H]4[C@@H](C2)N(C)CC[C@@]341. The number of esters is 1. The molecule has 5 heteroatoms. The van der Waals surface area contributed by atoms with Crippen molar-refractivity contribution >= 4 is 5.97 Å². The Bertz CT molecular complexity index is 732. The standard InChI is InChI=1S/C19H23NO4/c1-10(21)23-15-6-3-11-9-13-12-4-5-14(22)18-19(12,7-8-20(13)2)16(11)17(15)24-18/h3,6,12-14,18,22H,4-5,7-9H2,1-2H3/t12-,13+,14-,18-,19-/m0/s1. The van der Waals surface area contributed by atoms with Gasteiger partial charge in [-0.1, -0.05) is 6.07 Å². The van der Waals surface area contributed by atoms with E-state index in [1.165, 1.54) is 18.1 Å². The van der Waals surface area contributed by atoms with E-state index < -0.39 is 6.10 Å². The minimum Gasteiger partial charge on any atom is -0.483 e. The first-order chi connectivity index (χ1) is 11.5. The van der Waals surface area contributed by atoms with E-state index in [0.29, 0.717) is 23.5 Å². The largest absolute Gasteiger partial charge is 0.483 e. The third-order valence-electron chi connectivity index (χ3n) is 6.80. The lowest BCUT2D eigenvalue weighted by Gasteiger charge is -2.58. The number of likely N-dealkylation sites (N-methyl/N-ethyl adjacent to an activating group) is 1. The van der Waals surface area contributed by atoms with Gasteiger partial charge in [0.15, 0.2) is 11.5 Å². The molecule has 0 amide bonds. The lowest BCUT2D eigenvalue weighted by atomic mass is 9.51. The molecule has 2 heterocycles. The van der Waals surface area contributed by atoms with Crippen LogP contribution in [0.4, 0.5) is 0 Å². The fourth-order valence-corrected chi connectivity index (χ4v) is 5.93. The molecule has 128 valence electrons. The number of piperidine rings is 1. The van der Waals surface area contributed by atoms with Gasteiger partial charge in [-0.25, -0.2) is 0 Å². The van der Waals surface area contributed by atoms with Crippen molar-refractivity contribution in [3.8, 4) is 11.5 Å². The average molecular weight is 329 g/mol. The van der Waals surface area contributed by atoms with E-state index in [-0.39, 0.29) is 17.5 Å². The molecule has 1 aromatic rings. The van der Waals surface area contributed by atoms with Gasteiger partial charge in [-0.2, -0.15) is 0 Å². The van der Waals surface area contributed by atoms with Crippen molar-refractivity contribution in [2.45, 2.75) is 56.3 Å². The maximum absolute atomic E-state index is 11.5. The summed E-state index contributed by atoms with van der Waals surface area (Å²) in [5.74, 6) is 1.39. The fourth-order valence-electron chi connectivity index (χ4n) is 5.93. The Morgan fingerprint density at radius 1 is 1.42 bits per heavy atom. The maximum atomic E-state index is 11.5. The van der Waals surface area contributed by atoms with Gasteiger partial charge in [0, 0.05) is 23.9 Å². The van der Waals surface area contributed by atoms with Crippen molar-refractivity contribution in [3.63, 3.8) is 0 Å². The second-order valence-corrected chi connectivity index (χ2v) is 7.85. The molecule has 2 aliphatic carbocycles. The van der Waals surface area contributed by atoms with E-state index in [0.717, 1.165) is 32.2 Å². The highest BCUT2D eigenvalue weighted by Gasteiger charge is 2.65. The van der Waals surface area contributed by atoms with Crippen molar-refractivity contribution < 1.29 is 19.4 Å². The molecule has 1 saturated heterocycles. The summed E-state index contributed by atoms with van der Waals surface area (Å²) in [4.78, 5) is 14.0. The van der Waals surface area contributed by atoms with E-state index in [9.17, 15) is 9.90 Å². The zero-order valence-corrected chi connectivity index (χ0v) is 14.1. The third-order valence-corrected chi connectivity index (χ3v) is 6.80. The predicted molar refractivity (Wildman–Crippen MR) is 87.3 cm³/mol. The van der Waals surface area contributed by atoms with E-state index in [1.54, 1.807) is 0 Å². The smallest absolute Gasteiger partial charge is 0.308 e. The lowest BCUT2D eigenvalue weighted by molar-refractivity contribution is -0.132. The molecule has 1 N–H and O–H groups in total. The van der Waals surface area contributed by atoms with Crippen molar-refractivity contribution in [2.24, 2.45) is 5.92 Å². The highest BCUT2D eigenvalue weighted by atomic mass is 16.6. The van der Waals surface area contributed by atoms with Gasteiger partial charge in [-0.3, -0.25) is 4.79 Å². The number of aliphatic hydroxyl groups excluding tert-OH is 1. The van der Waals surface area contributed by atoms with Gasteiger partial charge >= 0.3 is 5.97 Å². The number of carbonyl (C=O) groups excluding carboxylic acids is 1. The van der Waals surface area contributed by atoms with Crippen molar-refractivity contribution in [3.05, 3.63) is 23.3 Å². The van der Waals surface area contributed by atoms with Gasteiger partial charge in [0.25, 0.3) is 0 Å². The van der Waals surface area contributed by atoms with Crippen LogP contribution >= 0.6 is 0 Å². The summed E-state index contributed by atoms with van der Waals surface area (Å²) in [5.41, 5.74) is 2.40. The van der Waals surface area contributed by atoms with Crippen LogP contribution in [0, 0.1) is 5.92 Å². The molecule has 2 fully saturated rings. The van der Waals surface area contributed by atoms with Crippen LogP contribution in [0.3, 0.4) is 0 Å². The van der Waals surface area contributed by atoms with Crippen molar-refractivity contribution in [1.82, 2.24) is 4.90 Å². The molecule has 5 atom stereocenters. The summed E-state index contributed by atoms with van der Waals surface area (Å²) >= 11 is 0. The number of benzene rings is 1. The van der Waals surface area contributed by atoms with Gasteiger partial charge in [-0.05, 0) is 56.8 Å². The number of nitrogens with zero attached hydrogens (tertiary/aromatic N) is 1. The topological polar surface area (TPSA) is 59.0 Å². The summed E-state index contributed by atoms with van der Waals surface area (Å²) in [6.07, 6.45) is 3.17. The fraction of sp³-hybridized carbons (Fsp3) is 0.632. The summed E-state index contributed by atoms with van der Waals surface area (Å²) in [5, 5.41) is 10.7. The minimum absolute atomic E-state index is 0.117. The minimum atomic E-state index is -0.450. The highest BCUT2D eigenvalue weighted by Crippen LogP contribution is 2.63. The molecular formula is C19H23NO4. The first-order valence-electron chi connectivity index (χ1n) is 8.92. The van der Waals surface area contributed by atoms with Crippen LogP contribution in [0.25, 0.3) is 0 Å².